The number of nitriles is 1. The molecule has 6 nitrogen and oxygen atoms in total. The summed E-state index contributed by atoms with van der Waals surface area (Å²) < 4.78 is 6.70. The van der Waals surface area contributed by atoms with Gasteiger partial charge in [-0.2, -0.15) is 5.26 Å². The summed E-state index contributed by atoms with van der Waals surface area (Å²) >= 11 is 1.07. The van der Waals surface area contributed by atoms with Crippen LogP contribution in [0.3, 0.4) is 0 Å². The summed E-state index contributed by atoms with van der Waals surface area (Å²) in [6, 6.07) is 26.0. The summed E-state index contributed by atoms with van der Waals surface area (Å²) in [6.45, 7) is 0. The van der Waals surface area contributed by atoms with Crippen molar-refractivity contribution in [2.24, 2.45) is 0 Å². The SMILES string of the molecule is COC(=O)c1ccc(C=c2sc(=C(C#N)C(=O)c3ccccc3)n(-c3ccccc3)c2=O)cc1. The molecule has 1 aromatic heterocycles. The maximum atomic E-state index is 13.4. The van der Waals surface area contributed by atoms with Crippen molar-refractivity contribution in [1.29, 1.82) is 5.26 Å². The van der Waals surface area contributed by atoms with Crippen molar-refractivity contribution in [2.45, 2.75) is 0 Å². The van der Waals surface area contributed by atoms with Gasteiger partial charge in [0.25, 0.3) is 5.56 Å². The molecule has 0 aliphatic carbocycles. The van der Waals surface area contributed by atoms with Crippen LogP contribution in [0.5, 0.6) is 0 Å². The number of ketones is 1. The van der Waals surface area contributed by atoms with Crippen molar-refractivity contribution in [2.75, 3.05) is 7.11 Å². The van der Waals surface area contributed by atoms with Crippen LogP contribution in [0.25, 0.3) is 17.3 Å². The molecule has 0 spiro atoms. The number of rotatable bonds is 5. The highest BCUT2D eigenvalue weighted by atomic mass is 32.1. The fraction of sp³-hybridized carbons (Fsp3) is 0.0370. The first-order valence-corrected chi connectivity index (χ1v) is 11.1. The third-order valence-corrected chi connectivity index (χ3v) is 6.15. The third-order valence-electron chi connectivity index (χ3n) is 5.06. The number of Topliss-reactive ketones (excluding diaryl/α,β-unsaturated/α-hetero) is 1. The van der Waals surface area contributed by atoms with Crippen LogP contribution >= 0.6 is 11.3 Å². The van der Waals surface area contributed by atoms with E-state index >= 15 is 0 Å². The summed E-state index contributed by atoms with van der Waals surface area (Å²) in [7, 11) is 1.31. The zero-order valence-corrected chi connectivity index (χ0v) is 18.9. The molecular weight excluding hydrogens is 448 g/mol. The summed E-state index contributed by atoms with van der Waals surface area (Å²) in [5.74, 6) is -0.910. The highest BCUT2D eigenvalue weighted by Gasteiger charge is 2.18. The molecule has 3 aromatic carbocycles. The Morgan fingerprint density at radius 2 is 1.53 bits per heavy atom. The Kier molecular flexibility index (Phi) is 6.62. The van der Waals surface area contributed by atoms with Gasteiger partial charge in [-0.1, -0.05) is 60.7 Å². The molecule has 0 saturated heterocycles. The quantitative estimate of drug-likeness (QED) is 0.333. The van der Waals surface area contributed by atoms with Gasteiger partial charge in [0.1, 0.15) is 16.3 Å². The van der Waals surface area contributed by atoms with Gasteiger partial charge in [-0.3, -0.25) is 14.2 Å². The average molecular weight is 467 g/mol. The molecule has 7 heteroatoms. The molecule has 0 unspecified atom stereocenters. The number of esters is 1. The van der Waals surface area contributed by atoms with Crippen LogP contribution in [0.1, 0.15) is 26.3 Å². The van der Waals surface area contributed by atoms with Crippen LogP contribution in [-0.2, 0) is 4.74 Å². The molecule has 0 atom stereocenters. The standard InChI is InChI=1S/C27H18N2O4S/c1-33-27(32)20-14-12-18(13-15-20)16-23-25(31)29(21-10-6-3-7-11-21)26(34-23)22(17-28)24(30)19-8-4-2-5-9-19/h2-16H,1H3. The van der Waals surface area contributed by atoms with Crippen molar-refractivity contribution in [3.8, 4) is 11.8 Å². The van der Waals surface area contributed by atoms with E-state index in [0.29, 0.717) is 26.9 Å². The van der Waals surface area contributed by atoms with Crippen LogP contribution in [0.2, 0.25) is 0 Å². The van der Waals surface area contributed by atoms with Crippen LogP contribution in [0.15, 0.2) is 89.7 Å². The molecule has 4 aromatic rings. The number of nitrogens with zero attached hydrogens (tertiary/aromatic N) is 2. The van der Waals surface area contributed by atoms with Gasteiger partial charge >= 0.3 is 5.97 Å². The number of hydrogen-bond acceptors (Lipinski definition) is 6. The lowest BCUT2D eigenvalue weighted by Crippen LogP contribution is -2.31. The van der Waals surface area contributed by atoms with Crippen molar-refractivity contribution in [1.82, 2.24) is 4.57 Å². The molecule has 0 radical (unpaired) electrons. The zero-order valence-electron chi connectivity index (χ0n) is 18.1. The van der Waals surface area contributed by atoms with E-state index in [1.165, 1.54) is 11.7 Å². The summed E-state index contributed by atoms with van der Waals surface area (Å²) in [6.07, 6.45) is 1.67. The van der Waals surface area contributed by atoms with Gasteiger partial charge in [-0.05, 0) is 35.9 Å². The van der Waals surface area contributed by atoms with Gasteiger partial charge in [-0.25, -0.2) is 4.79 Å². The van der Waals surface area contributed by atoms with Gasteiger partial charge in [0.05, 0.1) is 22.9 Å². The van der Waals surface area contributed by atoms with Crippen molar-refractivity contribution in [3.05, 3.63) is 121 Å². The first-order valence-electron chi connectivity index (χ1n) is 10.2. The number of aromatic nitrogens is 1. The molecule has 166 valence electrons. The smallest absolute Gasteiger partial charge is 0.337 e. The minimum absolute atomic E-state index is 0.113. The predicted molar refractivity (Wildman–Crippen MR) is 130 cm³/mol. The number of thiazole rings is 1. The molecule has 0 N–H and O–H groups in total. The normalized spacial score (nSPS) is 12.1. The van der Waals surface area contributed by atoms with E-state index in [2.05, 4.69) is 0 Å². The molecule has 0 bridgehead atoms. The van der Waals surface area contributed by atoms with Crippen LogP contribution in [-0.4, -0.2) is 23.4 Å². The lowest BCUT2D eigenvalue weighted by Gasteiger charge is -2.03. The van der Waals surface area contributed by atoms with Crippen LogP contribution < -0.4 is 14.8 Å². The third kappa shape index (κ3) is 4.49. The van der Waals surface area contributed by atoms with E-state index < -0.39 is 11.8 Å². The average Bonchev–Trinajstić information content (AvgIpc) is 3.20. The van der Waals surface area contributed by atoms with Crippen molar-refractivity contribution >= 4 is 34.7 Å². The van der Waals surface area contributed by atoms with Gasteiger partial charge < -0.3 is 4.74 Å². The van der Waals surface area contributed by atoms with Crippen molar-refractivity contribution in [3.63, 3.8) is 0 Å². The van der Waals surface area contributed by atoms with Crippen LogP contribution in [0, 0.1) is 11.3 Å². The second-order valence-corrected chi connectivity index (χ2v) is 8.22. The molecule has 34 heavy (non-hydrogen) atoms. The molecule has 0 amide bonds. The molecule has 4 rings (SSSR count). The van der Waals surface area contributed by atoms with Gasteiger partial charge in [-0.15, -0.1) is 11.3 Å². The number of para-hydroxylation sites is 1. The minimum atomic E-state index is -0.456. The maximum Gasteiger partial charge on any atom is 0.337 e. The molecule has 0 saturated carbocycles. The number of carbonyl (C=O) groups is 2. The number of benzene rings is 3. The lowest BCUT2D eigenvalue weighted by atomic mass is 10.1. The Hall–Kier alpha value is -4.54. The first-order chi connectivity index (χ1) is 16.5. The van der Waals surface area contributed by atoms with Gasteiger partial charge in [0.15, 0.2) is 0 Å². The molecule has 0 aliphatic heterocycles. The second-order valence-electron chi connectivity index (χ2n) is 7.19. The van der Waals surface area contributed by atoms with Crippen molar-refractivity contribution < 1.29 is 14.3 Å². The van der Waals surface area contributed by atoms with E-state index in [9.17, 15) is 19.6 Å². The van der Waals surface area contributed by atoms with E-state index in [0.717, 1.165) is 11.3 Å². The highest BCUT2D eigenvalue weighted by molar-refractivity contribution is 7.07. The summed E-state index contributed by atoms with van der Waals surface area (Å²) in [5, 5.41) is 9.91. The highest BCUT2D eigenvalue weighted by Crippen LogP contribution is 2.10. The Morgan fingerprint density at radius 3 is 2.12 bits per heavy atom. The van der Waals surface area contributed by atoms with E-state index in [-0.39, 0.29) is 15.8 Å². The number of ether oxygens (including phenoxy) is 1. The largest absolute Gasteiger partial charge is 0.465 e. The molecule has 0 aliphatic rings. The number of hydrogen-bond donors (Lipinski definition) is 0. The van der Waals surface area contributed by atoms with Gasteiger partial charge in [0, 0.05) is 5.56 Å². The topological polar surface area (TPSA) is 89.2 Å². The Morgan fingerprint density at radius 1 is 0.912 bits per heavy atom. The number of carbonyl (C=O) groups excluding carboxylic acids is 2. The predicted octanol–water partition coefficient (Wildman–Crippen LogP) is 3.07. The zero-order chi connectivity index (χ0) is 24.1. The van der Waals surface area contributed by atoms with Crippen LogP contribution in [0.4, 0.5) is 0 Å². The first kappa shape index (κ1) is 22.6. The summed E-state index contributed by atoms with van der Waals surface area (Å²) in [5.41, 5.74) is 1.53. The molecule has 1 heterocycles. The van der Waals surface area contributed by atoms with Gasteiger partial charge in [0.2, 0.25) is 5.78 Å². The summed E-state index contributed by atoms with van der Waals surface area (Å²) in [4.78, 5) is 38.3. The van der Waals surface area contributed by atoms with E-state index in [1.54, 1.807) is 84.9 Å². The fourth-order valence-electron chi connectivity index (χ4n) is 3.38. The molecular formula is C27H18N2O4S. The Balaban J connectivity index is 1.97. The van der Waals surface area contributed by atoms with E-state index in [4.69, 9.17) is 4.74 Å². The monoisotopic (exact) mass is 466 g/mol. The Bertz CT molecular complexity index is 1580. The second kappa shape index (κ2) is 9.94. The molecule has 0 fully saturated rings. The Labute approximate surface area is 198 Å². The number of methoxy groups -OCH3 is 1. The minimum Gasteiger partial charge on any atom is -0.465 e. The van der Waals surface area contributed by atoms with E-state index in [1.807, 2.05) is 12.1 Å². The lowest BCUT2D eigenvalue weighted by molar-refractivity contribution is 0.0600. The maximum absolute atomic E-state index is 13.4. The fourth-order valence-corrected chi connectivity index (χ4v) is 4.48.